The van der Waals surface area contributed by atoms with Crippen molar-refractivity contribution in [3.05, 3.63) is 47.4 Å². The highest BCUT2D eigenvalue weighted by atomic mass is 16.5. The van der Waals surface area contributed by atoms with Crippen LogP contribution in [0, 0.1) is 0 Å². The first-order valence-electron chi connectivity index (χ1n) is 11.7. The molecule has 1 fully saturated rings. The molecule has 0 saturated carbocycles. The Morgan fingerprint density at radius 1 is 1.09 bits per heavy atom. The van der Waals surface area contributed by atoms with Gasteiger partial charge >= 0.3 is 0 Å². The first-order valence-corrected chi connectivity index (χ1v) is 11.7. The third-order valence-electron chi connectivity index (χ3n) is 7.04. The molecule has 9 heteroatoms. The van der Waals surface area contributed by atoms with Gasteiger partial charge in [0.15, 0.2) is 17.9 Å². The monoisotopic (exact) mass is 446 g/mol. The summed E-state index contributed by atoms with van der Waals surface area (Å²) in [6.45, 7) is 4.94. The summed E-state index contributed by atoms with van der Waals surface area (Å²) < 4.78 is 7.39. The number of methoxy groups -OCH3 is 1. The van der Waals surface area contributed by atoms with E-state index in [9.17, 15) is 0 Å². The van der Waals surface area contributed by atoms with Crippen LogP contribution in [0.2, 0.25) is 0 Å². The van der Waals surface area contributed by atoms with E-state index in [1.54, 1.807) is 7.11 Å². The van der Waals surface area contributed by atoms with Gasteiger partial charge < -0.3 is 14.5 Å². The van der Waals surface area contributed by atoms with Crippen LogP contribution in [0.4, 0.5) is 11.5 Å². The number of hydrogen-bond donors (Lipinski definition) is 1. The SMILES string of the molecule is COc1cccc2c1N(C)C(N)n1nc(CCN3Cc4ccc(N5CCCC5)nc4C3)nc1-2. The highest BCUT2D eigenvalue weighted by molar-refractivity contribution is 5.81. The topological polar surface area (TPSA) is 88.6 Å². The lowest BCUT2D eigenvalue weighted by molar-refractivity contribution is 0.284. The molecule has 2 aromatic heterocycles. The molecule has 1 atom stereocenters. The minimum Gasteiger partial charge on any atom is -0.495 e. The number of fused-ring (bicyclic) bond motifs is 4. The van der Waals surface area contributed by atoms with Crippen LogP contribution in [0.25, 0.3) is 11.4 Å². The minimum absolute atomic E-state index is 0.422. The van der Waals surface area contributed by atoms with Crippen LogP contribution in [0.1, 0.15) is 36.2 Å². The van der Waals surface area contributed by atoms with E-state index in [4.69, 9.17) is 25.5 Å². The predicted octanol–water partition coefficient (Wildman–Crippen LogP) is 2.37. The number of para-hydroxylation sites is 1. The van der Waals surface area contributed by atoms with Crippen molar-refractivity contribution >= 4 is 11.5 Å². The zero-order valence-electron chi connectivity index (χ0n) is 19.2. The van der Waals surface area contributed by atoms with Gasteiger partial charge in [0.1, 0.15) is 11.6 Å². The summed E-state index contributed by atoms with van der Waals surface area (Å²) in [4.78, 5) is 16.6. The van der Waals surface area contributed by atoms with Gasteiger partial charge in [0.05, 0.1) is 18.5 Å². The highest BCUT2D eigenvalue weighted by Crippen LogP contribution is 2.42. The normalized spacial score (nSPS) is 19.5. The van der Waals surface area contributed by atoms with Gasteiger partial charge in [-0.3, -0.25) is 10.6 Å². The number of aromatic nitrogens is 4. The fraction of sp³-hybridized carbons (Fsp3) is 0.458. The van der Waals surface area contributed by atoms with Gasteiger partial charge in [-0.2, -0.15) is 5.10 Å². The van der Waals surface area contributed by atoms with Crippen LogP contribution < -0.4 is 20.3 Å². The number of nitrogens with two attached hydrogens (primary N) is 1. The first-order chi connectivity index (χ1) is 16.1. The number of benzene rings is 1. The van der Waals surface area contributed by atoms with E-state index in [2.05, 4.69) is 21.9 Å². The molecule has 6 rings (SSSR count). The molecule has 3 aromatic rings. The molecule has 172 valence electrons. The fourth-order valence-electron chi connectivity index (χ4n) is 5.22. The Balaban J connectivity index is 1.18. The maximum absolute atomic E-state index is 6.49. The maximum Gasteiger partial charge on any atom is 0.177 e. The second-order valence-corrected chi connectivity index (χ2v) is 9.11. The Kier molecular flexibility index (Phi) is 4.95. The summed E-state index contributed by atoms with van der Waals surface area (Å²) in [5.74, 6) is 3.53. The van der Waals surface area contributed by atoms with E-state index >= 15 is 0 Å². The summed E-state index contributed by atoms with van der Waals surface area (Å²) in [6.07, 6.45) is 2.88. The van der Waals surface area contributed by atoms with Crippen molar-refractivity contribution in [2.45, 2.75) is 38.6 Å². The van der Waals surface area contributed by atoms with Crippen molar-refractivity contribution in [2.75, 3.05) is 43.6 Å². The van der Waals surface area contributed by atoms with Gasteiger partial charge in [-0.15, -0.1) is 0 Å². The lowest BCUT2D eigenvalue weighted by atomic mass is 10.1. The smallest absolute Gasteiger partial charge is 0.177 e. The second-order valence-electron chi connectivity index (χ2n) is 9.11. The molecule has 2 N–H and O–H groups in total. The maximum atomic E-state index is 6.49. The summed E-state index contributed by atoms with van der Waals surface area (Å²) >= 11 is 0. The van der Waals surface area contributed by atoms with Crippen molar-refractivity contribution < 1.29 is 4.74 Å². The number of pyridine rings is 1. The molecule has 0 spiro atoms. The standard InChI is InChI=1S/C24H30N8O/c1-29-22-17(6-5-7-19(22)33-2)23-27-20(28-32(23)24(29)25)10-13-30-14-16-8-9-21(26-18(16)15-30)31-11-3-4-12-31/h5-9,24H,3-4,10-15,25H2,1-2H3. The van der Waals surface area contributed by atoms with E-state index in [0.717, 1.165) is 73.6 Å². The lowest BCUT2D eigenvalue weighted by Gasteiger charge is -2.34. The molecule has 1 aromatic carbocycles. The van der Waals surface area contributed by atoms with Gasteiger partial charge in [-0.05, 0) is 36.6 Å². The molecule has 1 unspecified atom stereocenters. The minimum atomic E-state index is -0.422. The second kappa shape index (κ2) is 8.00. The van der Waals surface area contributed by atoms with Gasteiger partial charge in [-0.25, -0.2) is 14.6 Å². The highest BCUT2D eigenvalue weighted by Gasteiger charge is 2.31. The van der Waals surface area contributed by atoms with Crippen LogP contribution in [0.3, 0.4) is 0 Å². The Morgan fingerprint density at radius 3 is 2.76 bits per heavy atom. The quantitative estimate of drug-likeness (QED) is 0.639. The Morgan fingerprint density at radius 2 is 1.94 bits per heavy atom. The van der Waals surface area contributed by atoms with Gasteiger partial charge in [0.25, 0.3) is 0 Å². The molecule has 0 amide bonds. The number of rotatable bonds is 5. The largest absolute Gasteiger partial charge is 0.495 e. The van der Waals surface area contributed by atoms with E-state index < -0.39 is 6.29 Å². The molecule has 9 nitrogen and oxygen atoms in total. The predicted molar refractivity (Wildman–Crippen MR) is 127 cm³/mol. The summed E-state index contributed by atoms with van der Waals surface area (Å²) in [5.41, 5.74) is 11.0. The van der Waals surface area contributed by atoms with Crippen molar-refractivity contribution in [3.63, 3.8) is 0 Å². The molecular weight excluding hydrogens is 416 g/mol. The summed E-state index contributed by atoms with van der Waals surface area (Å²) in [5, 5.41) is 4.76. The molecule has 0 radical (unpaired) electrons. The third kappa shape index (κ3) is 3.43. The van der Waals surface area contributed by atoms with E-state index in [1.165, 1.54) is 24.1 Å². The Hall–Kier alpha value is -3.17. The van der Waals surface area contributed by atoms with Crippen LogP contribution in [-0.4, -0.2) is 58.4 Å². The van der Waals surface area contributed by atoms with E-state index in [0.29, 0.717) is 0 Å². The van der Waals surface area contributed by atoms with Crippen LogP contribution >= 0.6 is 0 Å². The molecular formula is C24H30N8O. The van der Waals surface area contributed by atoms with Crippen molar-refractivity contribution in [2.24, 2.45) is 5.73 Å². The average Bonchev–Trinajstić information content (AvgIpc) is 3.59. The number of hydrogen-bond acceptors (Lipinski definition) is 8. The molecule has 3 aliphatic heterocycles. The van der Waals surface area contributed by atoms with Crippen molar-refractivity contribution in [3.8, 4) is 17.1 Å². The lowest BCUT2D eigenvalue weighted by Crippen LogP contribution is -2.40. The molecule has 3 aliphatic rings. The molecule has 0 aliphatic carbocycles. The molecule has 5 heterocycles. The van der Waals surface area contributed by atoms with Crippen molar-refractivity contribution in [1.82, 2.24) is 24.6 Å². The van der Waals surface area contributed by atoms with Crippen LogP contribution in [0.5, 0.6) is 5.75 Å². The summed E-state index contributed by atoms with van der Waals surface area (Å²) in [7, 11) is 3.64. The average molecular weight is 447 g/mol. The van der Waals surface area contributed by atoms with E-state index in [1.807, 2.05) is 34.8 Å². The molecule has 1 saturated heterocycles. The third-order valence-corrected chi connectivity index (χ3v) is 7.04. The Labute approximate surface area is 193 Å². The number of anilines is 2. The molecule has 0 bridgehead atoms. The van der Waals surface area contributed by atoms with Crippen LogP contribution in [-0.2, 0) is 19.5 Å². The number of ether oxygens (including phenoxy) is 1. The first kappa shape index (κ1) is 20.4. The summed E-state index contributed by atoms with van der Waals surface area (Å²) in [6, 6.07) is 10.4. The van der Waals surface area contributed by atoms with Crippen LogP contribution in [0.15, 0.2) is 30.3 Å². The Bertz CT molecular complexity index is 1190. The fourth-order valence-corrected chi connectivity index (χ4v) is 5.22. The molecule has 33 heavy (non-hydrogen) atoms. The zero-order chi connectivity index (χ0) is 22.5. The number of nitrogens with zero attached hydrogens (tertiary/aromatic N) is 7. The van der Waals surface area contributed by atoms with Gasteiger partial charge in [0.2, 0.25) is 0 Å². The zero-order valence-corrected chi connectivity index (χ0v) is 19.2. The van der Waals surface area contributed by atoms with E-state index in [-0.39, 0.29) is 0 Å². The van der Waals surface area contributed by atoms with Gasteiger partial charge in [-0.1, -0.05) is 12.1 Å². The van der Waals surface area contributed by atoms with Crippen molar-refractivity contribution in [1.29, 1.82) is 0 Å². The van der Waals surface area contributed by atoms with Gasteiger partial charge in [0, 0.05) is 51.8 Å².